The third-order valence-corrected chi connectivity index (χ3v) is 7.08. The maximum atomic E-state index is 12.9. The van der Waals surface area contributed by atoms with E-state index in [1.807, 2.05) is 36.7 Å². The number of hydrogen-bond acceptors (Lipinski definition) is 5. The Hall–Kier alpha value is -2.93. The second-order valence-electron chi connectivity index (χ2n) is 10.6. The number of aryl methyl sites for hydroxylation is 2. The van der Waals surface area contributed by atoms with Crippen LogP contribution in [0, 0.1) is 19.3 Å². The van der Waals surface area contributed by atoms with Crippen LogP contribution in [-0.4, -0.2) is 37.8 Å². The molecule has 5 rings (SSSR count). The number of carbonyl (C=O) groups is 1. The Labute approximate surface area is 193 Å². The molecule has 33 heavy (non-hydrogen) atoms. The van der Waals surface area contributed by atoms with Crippen LogP contribution in [-0.2, 0) is 6.42 Å². The Kier molecular flexibility index (Phi) is 5.20. The molecule has 0 bridgehead atoms. The number of aliphatic hydroxyl groups is 1. The number of aliphatic hydroxyl groups excluding tert-OH is 1. The third-order valence-electron chi connectivity index (χ3n) is 7.08. The first kappa shape index (κ1) is 21.9. The van der Waals surface area contributed by atoms with Crippen molar-refractivity contribution in [1.82, 2.24) is 14.8 Å². The molecule has 7 heteroatoms. The van der Waals surface area contributed by atoms with Crippen LogP contribution in [0.1, 0.15) is 73.4 Å². The molecule has 2 aliphatic rings. The number of ketones is 1. The van der Waals surface area contributed by atoms with Crippen LogP contribution in [0.4, 0.5) is 5.69 Å². The lowest BCUT2D eigenvalue weighted by Gasteiger charge is -2.29. The fourth-order valence-corrected chi connectivity index (χ4v) is 5.56. The average Bonchev–Trinajstić information content (AvgIpc) is 3.04. The van der Waals surface area contributed by atoms with Gasteiger partial charge in [-0.2, -0.15) is 5.10 Å². The van der Waals surface area contributed by atoms with Gasteiger partial charge in [-0.05, 0) is 75.0 Å². The zero-order valence-corrected chi connectivity index (χ0v) is 19.8. The highest BCUT2D eigenvalue weighted by molar-refractivity contribution is 6.00. The quantitative estimate of drug-likeness (QED) is 0.558. The molecule has 7 nitrogen and oxygen atoms in total. The van der Waals surface area contributed by atoms with Crippen LogP contribution in [0.5, 0.6) is 0 Å². The molecule has 3 aromatic rings. The number of nitrogens with zero attached hydrogens (tertiary/aromatic N) is 2. The summed E-state index contributed by atoms with van der Waals surface area (Å²) in [7, 11) is 0. The lowest BCUT2D eigenvalue weighted by molar-refractivity contribution is 0.0910. The zero-order chi connectivity index (χ0) is 23.5. The number of rotatable bonds is 3. The van der Waals surface area contributed by atoms with Crippen molar-refractivity contribution in [3.8, 4) is 5.69 Å². The van der Waals surface area contributed by atoms with E-state index in [-0.39, 0.29) is 28.9 Å². The number of hydrogen-bond donors (Lipinski definition) is 3. The largest absolute Gasteiger partial charge is 0.393 e. The van der Waals surface area contributed by atoms with E-state index in [2.05, 4.69) is 24.1 Å². The van der Waals surface area contributed by atoms with E-state index in [9.17, 15) is 14.7 Å². The highest BCUT2D eigenvalue weighted by Gasteiger charge is 2.36. The van der Waals surface area contributed by atoms with Gasteiger partial charge in [0, 0.05) is 23.8 Å². The number of pyridine rings is 1. The van der Waals surface area contributed by atoms with Gasteiger partial charge in [-0.15, -0.1) is 0 Å². The van der Waals surface area contributed by atoms with Crippen LogP contribution in [0.2, 0.25) is 0 Å². The van der Waals surface area contributed by atoms with E-state index in [0.29, 0.717) is 11.8 Å². The Balaban J connectivity index is 1.67. The van der Waals surface area contributed by atoms with Crippen LogP contribution < -0.4 is 10.9 Å². The zero-order valence-electron chi connectivity index (χ0n) is 19.8. The summed E-state index contributed by atoms with van der Waals surface area (Å²) in [5.74, 6) is 0.150. The highest BCUT2D eigenvalue weighted by atomic mass is 16.3. The SMILES string of the molecule is Cc1cc2cc(-n3nc(C)c4c3CC(C)(C)CC4=O)cc(N[C@H]3CC[C@H](O)CC3)c2c(=O)[nH]1. The molecule has 0 amide bonds. The van der Waals surface area contributed by atoms with Gasteiger partial charge in [0.15, 0.2) is 5.78 Å². The van der Waals surface area contributed by atoms with Gasteiger partial charge >= 0.3 is 0 Å². The maximum Gasteiger partial charge on any atom is 0.258 e. The summed E-state index contributed by atoms with van der Waals surface area (Å²) in [6.07, 6.45) is 4.29. The van der Waals surface area contributed by atoms with Gasteiger partial charge in [-0.1, -0.05) is 13.8 Å². The van der Waals surface area contributed by atoms with Crippen molar-refractivity contribution in [2.75, 3.05) is 5.32 Å². The molecule has 174 valence electrons. The van der Waals surface area contributed by atoms with E-state index >= 15 is 0 Å². The average molecular weight is 449 g/mol. The molecule has 0 unspecified atom stereocenters. The van der Waals surface area contributed by atoms with Crippen molar-refractivity contribution in [2.24, 2.45) is 5.41 Å². The molecule has 2 heterocycles. The summed E-state index contributed by atoms with van der Waals surface area (Å²) in [6.45, 7) is 8.01. The first-order valence-corrected chi connectivity index (χ1v) is 11.9. The van der Waals surface area contributed by atoms with E-state index in [0.717, 1.165) is 71.5 Å². The number of aromatic amines is 1. The number of benzene rings is 1. The second-order valence-corrected chi connectivity index (χ2v) is 10.6. The molecule has 2 aliphatic carbocycles. The summed E-state index contributed by atoms with van der Waals surface area (Å²) in [4.78, 5) is 28.7. The molecule has 1 aromatic carbocycles. The molecular weight excluding hydrogens is 416 g/mol. The fraction of sp³-hybridized carbons (Fsp3) is 0.500. The Bertz CT molecular complexity index is 1310. The van der Waals surface area contributed by atoms with Gasteiger partial charge < -0.3 is 15.4 Å². The fourth-order valence-electron chi connectivity index (χ4n) is 5.56. The van der Waals surface area contributed by atoms with Gasteiger partial charge in [0.25, 0.3) is 5.56 Å². The van der Waals surface area contributed by atoms with E-state index in [1.54, 1.807) is 0 Å². The van der Waals surface area contributed by atoms with Gasteiger partial charge in [-0.25, -0.2) is 4.68 Å². The van der Waals surface area contributed by atoms with Crippen molar-refractivity contribution < 1.29 is 9.90 Å². The monoisotopic (exact) mass is 448 g/mol. The molecule has 3 N–H and O–H groups in total. The first-order valence-electron chi connectivity index (χ1n) is 11.9. The molecule has 0 radical (unpaired) electrons. The smallest absolute Gasteiger partial charge is 0.258 e. The Morgan fingerprint density at radius 1 is 1.09 bits per heavy atom. The number of Topliss-reactive ketones (excluding diaryl/α,β-unsaturated/α-hetero) is 1. The molecular formula is C26H32N4O3. The minimum atomic E-state index is -0.239. The summed E-state index contributed by atoms with van der Waals surface area (Å²) in [5.41, 5.74) is 4.62. The summed E-state index contributed by atoms with van der Waals surface area (Å²) in [5, 5.41) is 19.7. The number of anilines is 1. The molecule has 1 saturated carbocycles. The first-order chi connectivity index (χ1) is 15.6. The molecule has 0 saturated heterocycles. The third kappa shape index (κ3) is 3.99. The van der Waals surface area contributed by atoms with Crippen molar-refractivity contribution in [3.05, 3.63) is 51.2 Å². The number of nitrogens with one attached hydrogen (secondary N) is 2. The van der Waals surface area contributed by atoms with E-state index < -0.39 is 0 Å². The summed E-state index contributed by atoms with van der Waals surface area (Å²) in [6, 6.07) is 6.15. The van der Waals surface area contributed by atoms with Crippen LogP contribution in [0.25, 0.3) is 16.5 Å². The van der Waals surface area contributed by atoms with Crippen LogP contribution in [0.3, 0.4) is 0 Å². The van der Waals surface area contributed by atoms with E-state index in [1.165, 1.54) is 0 Å². The topological polar surface area (TPSA) is 100 Å². The number of aromatic nitrogens is 3. The second kappa shape index (κ2) is 7.83. The molecule has 0 spiro atoms. The highest BCUT2D eigenvalue weighted by Crippen LogP contribution is 2.38. The van der Waals surface area contributed by atoms with Gasteiger partial charge in [0.2, 0.25) is 0 Å². The van der Waals surface area contributed by atoms with Gasteiger partial charge in [0.1, 0.15) is 0 Å². The molecule has 1 fully saturated rings. The molecule has 0 aliphatic heterocycles. The minimum Gasteiger partial charge on any atom is -0.393 e. The van der Waals surface area contributed by atoms with Crippen molar-refractivity contribution in [3.63, 3.8) is 0 Å². The standard InChI is InChI=1S/C26H32N4O3/c1-14-9-16-10-18(30-21-12-26(3,4)13-22(32)23(21)15(2)29-30)11-20(24(16)25(33)27-14)28-17-5-7-19(31)8-6-17/h9-11,17,19,28,31H,5-8,12-13H2,1-4H3,(H,27,33)/t17-,19-. The Morgan fingerprint density at radius 3 is 2.55 bits per heavy atom. The molecule has 2 aromatic heterocycles. The Morgan fingerprint density at radius 2 is 1.82 bits per heavy atom. The minimum absolute atomic E-state index is 0.120. The van der Waals surface area contributed by atoms with E-state index in [4.69, 9.17) is 5.10 Å². The van der Waals surface area contributed by atoms with Crippen molar-refractivity contribution in [1.29, 1.82) is 0 Å². The summed E-state index contributed by atoms with van der Waals surface area (Å²) < 4.78 is 1.90. The number of H-pyrrole nitrogens is 1. The lowest BCUT2D eigenvalue weighted by atomic mass is 9.75. The maximum absolute atomic E-state index is 12.9. The lowest BCUT2D eigenvalue weighted by Crippen LogP contribution is -2.29. The summed E-state index contributed by atoms with van der Waals surface area (Å²) >= 11 is 0. The van der Waals surface area contributed by atoms with Gasteiger partial charge in [0.05, 0.1) is 34.1 Å². The van der Waals surface area contributed by atoms with Crippen molar-refractivity contribution in [2.45, 2.75) is 78.4 Å². The van der Waals surface area contributed by atoms with Gasteiger partial charge in [-0.3, -0.25) is 9.59 Å². The normalized spacial score (nSPS) is 22.4. The predicted octanol–water partition coefficient (Wildman–Crippen LogP) is 4.20. The van der Waals surface area contributed by atoms with Crippen molar-refractivity contribution >= 4 is 22.2 Å². The molecule has 0 atom stereocenters. The number of fused-ring (bicyclic) bond motifs is 2. The number of carbonyl (C=O) groups excluding carboxylic acids is 1. The van der Waals surface area contributed by atoms with Crippen LogP contribution >= 0.6 is 0 Å². The predicted molar refractivity (Wildman–Crippen MR) is 129 cm³/mol. The van der Waals surface area contributed by atoms with Crippen LogP contribution in [0.15, 0.2) is 23.0 Å².